The summed E-state index contributed by atoms with van der Waals surface area (Å²) in [5.41, 5.74) is 2.80. The topological polar surface area (TPSA) is 109 Å². The number of nitrogens with zero attached hydrogens (tertiary/aromatic N) is 7. The van der Waals surface area contributed by atoms with Gasteiger partial charge >= 0.3 is 0 Å². The molecule has 0 radical (unpaired) electrons. The molecule has 0 aliphatic heterocycles. The van der Waals surface area contributed by atoms with Gasteiger partial charge in [-0.1, -0.05) is 30.3 Å². The molecule has 0 spiro atoms. The molecule has 0 unspecified atom stereocenters. The van der Waals surface area contributed by atoms with Gasteiger partial charge in [0.1, 0.15) is 23.5 Å². The van der Waals surface area contributed by atoms with Crippen LogP contribution in [0.5, 0.6) is 0 Å². The minimum atomic E-state index is -0.312. The molecule has 1 aliphatic carbocycles. The summed E-state index contributed by atoms with van der Waals surface area (Å²) in [6.07, 6.45) is 3.53. The van der Waals surface area contributed by atoms with E-state index in [4.69, 9.17) is 8.94 Å². The van der Waals surface area contributed by atoms with E-state index >= 15 is 0 Å². The molecule has 4 heterocycles. The van der Waals surface area contributed by atoms with E-state index in [-0.39, 0.29) is 23.6 Å². The van der Waals surface area contributed by atoms with Crippen molar-refractivity contribution < 1.29 is 13.3 Å². The van der Waals surface area contributed by atoms with Crippen LogP contribution in [0, 0.1) is 5.82 Å². The lowest BCUT2D eigenvalue weighted by Crippen LogP contribution is -2.06. The molecule has 5 aromatic rings. The molecule has 1 aliphatic rings. The normalized spacial score (nSPS) is 14.9. The van der Waals surface area contributed by atoms with Crippen LogP contribution < -0.4 is 0 Å². The zero-order valence-electron chi connectivity index (χ0n) is 16.5. The van der Waals surface area contributed by atoms with Gasteiger partial charge in [0.15, 0.2) is 0 Å². The lowest BCUT2D eigenvalue weighted by atomic mass is 10.1. The van der Waals surface area contributed by atoms with Gasteiger partial charge < -0.3 is 8.94 Å². The zero-order valence-corrected chi connectivity index (χ0v) is 16.5. The highest BCUT2D eigenvalue weighted by molar-refractivity contribution is 5.67. The molecule has 0 N–H and O–H groups in total. The molecule has 4 aromatic heterocycles. The third-order valence-corrected chi connectivity index (χ3v) is 5.54. The summed E-state index contributed by atoms with van der Waals surface area (Å²) in [5, 5.41) is 16.9. The second-order valence-corrected chi connectivity index (χ2v) is 7.89. The molecule has 1 aromatic carbocycles. The number of hydrogen-bond acceptors (Lipinski definition) is 8. The fourth-order valence-electron chi connectivity index (χ4n) is 3.41. The molecular formula is C21H16FN7O2. The van der Waals surface area contributed by atoms with Crippen LogP contribution in [0.25, 0.3) is 34.3 Å². The number of aromatic nitrogens is 7. The van der Waals surface area contributed by atoms with Crippen LogP contribution in [-0.2, 0) is 12.0 Å². The van der Waals surface area contributed by atoms with Gasteiger partial charge in [-0.05, 0) is 25.0 Å². The fraction of sp³-hybridized carbons (Fsp3) is 0.238. The van der Waals surface area contributed by atoms with Crippen LogP contribution in [-0.4, -0.2) is 35.1 Å². The van der Waals surface area contributed by atoms with E-state index in [1.807, 2.05) is 0 Å². The van der Waals surface area contributed by atoms with Crippen molar-refractivity contribution in [1.29, 1.82) is 0 Å². The van der Waals surface area contributed by atoms with E-state index in [0.29, 0.717) is 39.9 Å². The predicted molar refractivity (Wildman–Crippen MR) is 106 cm³/mol. The van der Waals surface area contributed by atoms with E-state index in [9.17, 15) is 4.39 Å². The highest BCUT2D eigenvalue weighted by atomic mass is 19.1. The minimum Gasteiger partial charge on any atom is -0.420 e. The zero-order chi connectivity index (χ0) is 21.0. The lowest BCUT2D eigenvalue weighted by Gasteiger charge is -2.06. The van der Waals surface area contributed by atoms with Crippen molar-refractivity contribution in [2.45, 2.75) is 31.7 Å². The number of benzene rings is 1. The lowest BCUT2D eigenvalue weighted by molar-refractivity contribution is 0.421. The Hall–Kier alpha value is -3.95. The van der Waals surface area contributed by atoms with Gasteiger partial charge in [0, 0.05) is 17.0 Å². The standard InChI is InChI=1S/C21H16FN7O2/c1-21(7-8-21)20-24-18-19(31-20)23-17(25-26-18)15-10-16(14-6-9-30-28-14)29(27-15)11-12-4-2-3-5-13(12)22/h2-6,9-10H,7-8,11H2,1H3. The molecular weight excluding hydrogens is 401 g/mol. The maximum absolute atomic E-state index is 14.2. The molecule has 0 bridgehead atoms. The number of rotatable bonds is 5. The average molecular weight is 417 g/mol. The summed E-state index contributed by atoms with van der Waals surface area (Å²) in [5.74, 6) is 0.607. The van der Waals surface area contributed by atoms with E-state index < -0.39 is 0 Å². The molecule has 154 valence electrons. The number of oxazole rings is 1. The Kier molecular flexibility index (Phi) is 3.76. The molecule has 6 rings (SSSR count). The molecule has 1 fully saturated rings. The van der Waals surface area contributed by atoms with Crippen molar-refractivity contribution in [3.05, 3.63) is 59.9 Å². The molecule has 31 heavy (non-hydrogen) atoms. The first-order valence-corrected chi connectivity index (χ1v) is 9.83. The van der Waals surface area contributed by atoms with E-state index in [2.05, 4.69) is 37.3 Å². The Morgan fingerprint density at radius 2 is 1.97 bits per heavy atom. The first-order valence-electron chi connectivity index (χ1n) is 9.83. The third kappa shape index (κ3) is 3.07. The second kappa shape index (κ2) is 6.53. The van der Waals surface area contributed by atoms with Gasteiger partial charge in [-0.3, -0.25) is 4.68 Å². The Balaban J connectivity index is 1.43. The van der Waals surface area contributed by atoms with Gasteiger partial charge in [-0.2, -0.15) is 15.1 Å². The monoisotopic (exact) mass is 417 g/mol. The highest BCUT2D eigenvalue weighted by Gasteiger charge is 2.44. The largest absolute Gasteiger partial charge is 0.420 e. The molecule has 0 atom stereocenters. The highest BCUT2D eigenvalue weighted by Crippen LogP contribution is 2.47. The molecule has 9 nitrogen and oxygen atoms in total. The van der Waals surface area contributed by atoms with Crippen molar-refractivity contribution in [3.63, 3.8) is 0 Å². The smallest absolute Gasteiger partial charge is 0.270 e. The third-order valence-electron chi connectivity index (χ3n) is 5.54. The van der Waals surface area contributed by atoms with Gasteiger partial charge in [0.25, 0.3) is 5.71 Å². The van der Waals surface area contributed by atoms with E-state index in [1.54, 1.807) is 35.0 Å². The van der Waals surface area contributed by atoms with Crippen LogP contribution >= 0.6 is 0 Å². The van der Waals surface area contributed by atoms with Crippen LogP contribution in [0.4, 0.5) is 4.39 Å². The Bertz CT molecular complexity index is 1400. The van der Waals surface area contributed by atoms with Crippen molar-refractivity contribution >= 4 is 11.4 Å². The Labute approximate surface area is 174 Å². The SMILES string of the molecule is CC1(c2nc3nnc(-c4cc(-c5ccon5)n(Cc5ccccc5F)n4)nc3o2)CC1. The first-order chi connectivity index (χ1) is 15.1. The van der Waals surface area contributed by atoms with Crippen molar-refractivity contribution in [3.8, 4) is 22.9 Å². The summed E-state index contributed by atoms with van der Waals surface area (Å²) >= 11 is 0. The van der Waals surface area contributed by atoms with E-state index in [1.165, 1.54) is 12.3 Å². The second-order valence-electron chi connectivity index (χ2n) is 7.89. The number of fused-ring (bicyclic) bond motifs is 1. The number of hydrogen-bond donors (Lipinski definition) is 0. The quantitative estimate of drug-likeness (QED) is 0.425. The summed E-state index contributed by atoms with van der Waals surface area (Å²) < 4.78 is 26.7. The Morgan fingerprint density at radius 1 is 1.10 bits per heavy atom. The van der Waals surface area contributed by atoms with Crippen molar-refractivity contribution in [2.24, 2.45) is 0 Å². The van der Waals surface area contributed by atoms with Gasteiger partial charge in [-0.15, -0.1) is 10.2 Å². The average Bonchev–Trinajstić information content (AvgIpc) is 3.19. The summed E-state index contributed by atoms with van der Waals surface area (Å²) in [7, 11) is 0. The molecule has 10 heteroatoms. The van der Waals surface area contributed by atoms with Gasteiger partial charge in [0.05, 0.1) is 12.2 Å². The van der Waals surface area contributed by atoms with E-state index in [0.717, 1.165) is 12.8 Å². The van der Waals surface area contributed by atoms with Crippen molar-refractivity contribution in [2.75, 3.05) is 0 Å². The molecule has 1 saturated carbocycles. The van der Waals surface area contributed by atoms with Crippen LogP contribution in [0.3, 0.4) is 0 Å². The van der Waals surface area contributed by atoms with Crippen LogP contribution in [0.1, 0.15) is 31.2 Å². The van der Waals surface area contributed by atoms with Crippen molar-refractivity contribution in [1.82, 2.24) is 35.1 Å². The minimum absolute atomic E-state index is 0.0377. The Morgan fingerprint density at radius 3 is 2.74 bits per heavy atom. The van der Waals surface area contributed by atoms with Crippen LogP contribution in [0.15, 0.2) is 51.6 Å². The first kappa shape index (κ1) is 17.9. The van der Waals surface area contributed by atoms with Crippen LogP contribution in [0.2, 0.25) is 0 Å². The maximum Gasteiger partial charge on any atom is 0.270 e. The maximum atomic E-state index is 14.2. The summed E-state index contributed by atoms with van der Waals surface area (Å²) in [6.45, 7) is 2.30. The molecule has 0 saturated heterocycles. The van der Waals surface area contributed by atoms with Gasteiger partial charge in [0.2, 0.25) is 17.4 Å². The number of halogens is 1. The van der Waals surface area contributed by atoms with Gasteiger partial charge in [-0.25, -0.2) is 4.39 Å². The predicted octanol–water partition coefficient (Wildman–Crippen LogP) is 3.77. The fourth-order valence-corrected chi connectivity index (χ4v) is 3.41. The summed E-state index contributed by atoms with van der Waals surface area (Å²) in [6, 6.07) is 10.0. The molecule has 0 amide bonds. The summed E-state index contributed by atoms with van der Waals surface area (Å²) in [4.78, 5) is 8.89.